The highest BCUT2D eigenvalue weighted by atomic mass is 16.6. The molecule has 0 spiro atoms. The topological polar surface area (TPSA) is 154 Å². The molecule has 11 heteroatoms. The van der Waals surface area contributed by atoms with Crippen molar-refractivity contribution in [2.24, 2.45) is 0 Å². The third-order valence-electron chi connectivity index (χ3n) is 4.39. The largest absolute Gasteiger partial charge is 0.394 e. The zero-order valence-electron chi connectivity index (χ0n) is 13.7. The van der Waals surface area contributed by atoms with Gasteiger partial charge < -0.3 is 30.4 Å². The van der Waals surface area contributed by atoms with Gasteiger partial charge in [0.25, 0.3) is 0 Å². The minimum Gasteiger partial charge on any atom is -0.394 e. The van der Waals surface area contributed by atoms with Gasteiger partial charge in [0, 0.05) is 24.9 Å². The smallest absolute Gasteiger partial charge is 0.167 e. The number of aliphatic hydroxyl groups excluding tert-OH is 3. The molecule has 4 heterocycles. The number of H-pyrrole nitrogens is 1. The summed E-state index contributed by atoms with van der Waals surface area (Å²) < 4.78 is 7.07. The summed E-state index contributed by atoms with van der Waals surface area (Å²) in [6.45, 7) is 0.228. The molecule has 0 aliphatic carbocycles. The van der Waals surface area contributed by atoms with Crippen LogP contribution in [0.1, 0.15) is 11.9 Å². The van der Waals surface area contributed by atoms with Crippen molar-refractivity contribution in [2.45, 2.75) is 31.0 Å². The van der Waals surface area contributed by atoms with Gasteiger partial charge in [0.05, 0.1) is 19.3 Å². The van der Waals surface area contributed by atoms with E-state index in [1.54, 1.807) is 12.5 Å². The van der Waals surface area contributed by atoms with Gasteiger partial charge in [-0.25, -0.2) is 19.9 Å². The molecular formula is C15H19N7O4. The lowest BCUT2D eigenvalue weighted by Gasteiger charge is -2.16. The maximum atomic E-state index is 10.2. The van der Waals surface area contributed by atoms with E-state index in [1.165, 1.54) is 17.2 Å². The molecule has 1 saturated heterocycles. The van der Waals surface area contributed by atoms with Crippen molar-refractivity contribution in [3.63, 3.8) is 0 Å². The molecule has 1 unspecified atom stereocenters. The highest BCUT2D eigenvalue weighted by molar-refractivity contribution is 5.82. The zero-order valence-corrected chi connectivity index (χ0v) is 13.7. The number of aliphatic hydroxyl groups is 3. The lowest BCUT2D eigenvalue weighted by atomic mass is 10.1. The molecule has 4 atom stereocenters. The molecule has 4 rings (SSSR count). The molecule has 3 aromatic rings. The maximum absolute atomic E-state index is 10.2. The minimum atomic E-state index is -1.20. The van der Waals surface area contributed by atoms with E-state index in [4.69, 9.17) is 4.74 Å². The summed E-state index contributed by atoms with van der Waals surface area (Å²) >= 11 is 0. The van der Waals surface area contributed by atoms with E-state index in [2.05, 4.69) is 30.2 Å². The summed E-state index contributed by atoms with van der Waals surface area (Å²) in [5.74, 6) is 0.556. The molecule has 0 bridgehead atoms. The molecule has 0 amide bonds. The van der Waals surface area contributed by atoms with Crippen molar-refractivity contribution in [3.05, 3.63) is 30.9 Å². The van der Waals surface area contributed by atoms with Gasteiger partial charge in [-0.2, -0.15) is 0 Å². The number of anilines is 1. The van der Waals surface area contributed by atoms with Crippen molar-refractivity contribution in [3.8, 4) is 0 Å². The summed E-state index contributed by atoms with van der Waals surface area (Å²) in [6, 6.07) is 0. The molecule has 1 fully saturated rings. The molecule has 5 N–H and O–H groups in total. The molecule has 138 valence electrons. The number of fused-ring (bicyclic) bond motifs is 1. The number of hydrogen-bond acceptors (Lipinski definition) is 9. The van der Waals surface area contributed by atoms with Crippen molar-refractivity contribution < 1.29 is 20.1 Å². The second-order valence-electron chi connectivity index (χ2n) is 6.03. The molecule has 1 aliphatic rings. The Hall–Kier alpha value is -2.60. The van der Waals surface area contributed by atoms with Gasteiger partial charge in [0.2, 0.25) is 0 Å². The Balaban J connectivity index is 1.55. The van der Waals surface area contributed by atoms with Crippen LogP contribution in [0.5, 0.6) is 0 Å². The molecular weight excluding hydrogens is 342 g/mol. The second kappa shape index (κ2) is 6.96. The average Bonchev–Trinajstić information content (AvgIpc) is 3.37. The molecule has 11 nitrogen and oxygen atoms in total. The summed E-state index contributed by atoms with van der Waals surface area (Å²) in [4.78, 5) is 19.7. The van der Waals surface area contributed by atoms with Crippen LogP contribution in [0.3, 0.4) is 0 Å². The summed E-state index contributed by atoms with van der Waals surface area (Å²) in [7, 11) is 0. The Bertz CT molecular complexity index is 868. The number of hydrogen-bond donors (Lipinski definition) is 5. The van der Waals surface area contributed by atoms with Crippen LogP contribution >= 0.6 is 0 Å². The minimum absolute atomic E-state index is 0.392. The van der Waals surface area contributed by atoms with Gasteiger partial charge >= 0.3 is 0 Å². The van der Waals surface area contributed by atoms with Crippen molar-refractivity contribution in [1.82, 2.24) is 29.5 Å². The summed E-state index contributed by atoms with van der Waals surface area (Å²) in [5.41, 5.74) is 1.98. The highest BCUT2D eigenvalue weighted by Crippen LogP contribution is 2.31. The van der Waals surface area contributed by atoms with Gasteiger partial charge in [0.15, 0.2) is 23.2 Å². The van der Waals surface area contributed by atoms with E-state index in [0.717, 1.165) is 12.1 Å². The van der Waals surface area contributed by atoms with Gasteiger partial charge in [0.1, 0.15) is 24.6 Å². The van der Waals surface area contributed by atoms with Crippen molar-refractivity contribution in [1.29, 1.82) is 0 Å². The summed E-state index contributed by atoms with van der Waals surface area (Å²) in [6.07, 6.45) is 2.85. The molecule has 0 radical (unpaired) electrons. The number of nitrogens with one attached hydrogen (secondary N) is 2. The van der Waals surface area contributed by atoms with Crippen molar-refractivity contribution >= 4 is 17.0 Å². The number of aromatic nitrogens is 6. The van der Waals surface area contributed by atoms with E-state index in [1.807, 2.05) is 0 Å². The number of ether oxygens (including phenoxy) is 1. The van der Waals surface area contributed by atoms with Gasteiger partial charge in [-0.15, -0.1) is 0 Å². The van der Waals surface area contributed by atoms with Gasteiger partial charge in [-0.1, -0.05) is 0 Å². The number of nitrogens with zero attached hydrogens (tertiary/aromatic N) is 5. The summed E-state index contributed by atoms with van der Waals surface area (Å²) in [5, 5.41) is 32.6. The first kappa shape index (κ1) is 16.8. The average molecular weight is 361 g/mol. The molecule has 3 aromatic heterocycles. The number of aromatic amines is 1. The second-order valence-corrected chi connectivity index (χ2v) is 6.03. The van der Waals surface area contributed by atoms with Gasteiger partial charge in [-0.3, -0.25) is 4.57 Å². The fourth-order valence-corrected chi connectivity index (χ4v) is 3.01. The van der Waals surface area contributed by atoms with E-state index in [0.29, 0.717) is 23.5 Å². The SMILES string of the molecule is OC[C@H]1OC(n2cnc3c(NCCc4cnc[nH]4)ncnc32)[C@H](O)[C@@H]1O. The van der Waals surface area contributed by atoms with E-state index in [9.17, 15) is 15.3 Å². The van der Waals surface area contributed by atoms with Crippen LogP contribution in [0.2, 0.25) is 0 Å². The fraction of sp³-hybridized carbons (Fsp3) is 0.467. The van der Waals surface area contributed by atoms with Crippen LogP contribution in [0, 0.1) is 0 Å². The van der Waals surface area contributed by atoms with Crippen LogP contribution < -0.4 is 5.32 Å². The maximum Gasteiger partial charge on any atom is 0.167 e. The first-order valence-corrected chi connectivity index (χ1v) is 8.20. The Morgan fingerprint density at radius 1 is 1.23 bits per heavy atom. The van der Waals surface area contributed by atoms with Crippen LogP contribution in [0.4, 0.5) is 5.82 Å². The third-order valence-corrected chi connectivity index (χ3v) is 4.39. The van der Waals surface area contributed by atoms with Gasteiger partial charge in [-0.05, 0) is 0 Å². The Kier molecular flexibility index (Phi) is 4.51. The molecule has 0 aromatic carbocycles. The zero-order chi connectivity index (χ0) is 18.1. The lowest BCUT2D eigenvalue weighted by molar-refractivity contribution is -0.0511. The van der Waals surface area contributed by atoms with Crippen LogP contribution in [-0.2, 0) is 11.2 Å². The van der Waals surface area contributed by atoms with Crippen LogP contribution in [0.15, 0.2) is 25.2 Å². The Labute approximate surface area is 147 Å². The third kappa shape index (κ3) is 2.90. The lowest BCUT2D eigenvalue weighted by Crippen LogP contribution is -2.33. The monoisotopic (exact) mass is 361 g/mol. The van der Waals surface area contributed by atoms with Crippen LogP contribution in [0.25, 0.3) is 11.2 Å². The Morgan fingerprint density at radius 2 is 2.12 bits per heavy atom. The van der Waals surface area contributed by atoms with E-state index in [-0.39, 0.29) is 0 Å². The molecule has 26 heavy (non-hydrogen) atoms. The first-order chi connectivity index (χ1) is 12.7. The van der Waals surface area contributed by atoms with E-state index < -0.39 is 31.1 Å². The Morgan fingerprint density at radius 3 is 2.85 bits per heavy atom. The standard InChI is InChI=1S/C15H19N7O4/c23-4-9-11(24)12(25)15(26-9)22-7-21-10-13(19-6-20-14(10)22)17-2-1-8-3-16-5-18-8/h3,5-7,9,11-12,15,23-25H,1-2,4H2,(H,16,18)(H,17,19,20)/t9-,11-,12-,15?/m1/s1. The molecule has 0 saturated carbocycles. The highest BCUT2D eigenvalue weighted by Gasteiger charge is 2.44. The normalized spacial score (nSPS) is 25.8. The first-order valence-electron chi connectivity index (χ1n) is 8.20. The molecule has 1 aliphatic heterocycles. The fourth-order valence-electron chi connectivity index (χ4n) is 3.01. The van der Waals surface area contributed by atoms with Crippen LogP contribution in [-0.4, -0.2) is 76.3 Å². The number of rotatable bonds is 6. The van der Waals surface area contributed by atoms with E-state index >= 15 is 0 Å². The predicted octanol–water partition coefficient (Wildman–Crippen LogP) is -1.18. The number of imidazole rings is 2. The quantitative estimate of drug-likeness (QED) is 0.365. The van der Waals surface area contributed by atoms with Crippen molar-refractivity contribution in [2.75, 3.05) is 18.5 Å². The predicted molar refractivity (Wildman–Crippen MR) is 89.1 cm³/mol.